The zero-order valence-electron chi connectivity index (χ0n) is 8.64. The molecule has 2 unspecified atom stereocenters. The first kappa shape index (κ1) is 11.9. The van der Waals surface area contributed by atoms with Crippen molar-refractivity contribution in [3.8, 4) is 0 Å². The molecule has 0 aromatic rings. The number of unbranched alkanes of at least 4 members (excludes halogenated alkanes) is 1. The molecule has 0 fully saturated rings. The molecule has 0 saturated carbocycles. The number of hydrogen-bond acceptors (Lipinski definition) is 2. The molecule has 0 radical (unpaired) electrons. The van der Waals surface area contributed by atoms with Crippen molar-refractivity contribution in [1.29, 1.82) is 0 Å². The van der Waals surface area contributed by atoms with E-state index in [0.717, 1.165) is 25.7 Å². The van der Waals surface area contributed by atoms with E-state index < -0.39 is 0 Å². The third kappa shape index (κ3) is 6.62. The van der Waals surface area contributed by atoms with Gasteiger partial charge in [-0.15, -0.1) is 0 Å². The third-order valence-electron chi connectivity index (χ3n) is 2.03. The molecule has 0 aromatic heterocycles. The van der Waals surface area contributed by atoms with E-state index in [1.54, 1.807) is 0 Å². The molecule has 0 bridgehead atoms. The van der Waals surface area contributed by atoms with Gasteiger partial charge in [-0.25, -0.2) is 0 Å². The second kappa shape index (κ2) is 7.56. The van der Waals surface area contributed by atoms with Crippen LogP contribution in [0.4, 0.5) is 0 Å². The number of hydrogen-bond donors (Lipinski definition) is 2. The van der Waals surface area contributed by atoms with E-state index in [9.17, 15) is 5.11 Å². The highest BCUT2D eigenvalue weighted by atomic mass is 16.3. The van der Waals surface area contributed by atoms with Gasteiger partial charge in [0, 0.05) is 6.04 Å². The molecular formula is C10H23NO. The SMILES string of the molecule is CCCCC(O)NC(C)CCC. The molecular weight excluding hydrogens is 150 g/mol. The standard InChI is InChI=1S/C10H23NO/c1-4-6-8-10(12)11-9(3)7-5-2/h9-12H,4-8H2,1-3H3. The van der Waals surface area contributed by atoms with Gasteiger partial charge in [-0.1, -0.05) is 26.7 Å². The lowest BCUT2D eigenvalue weighted by molar-refractivity contribution is 0.111. The molecule has 0 rings (SSSR count). The smallest absolute Gasteiger partial charge is 0.105 e. The second-order valence-electron chi connectivity index (χ2n) is 3.51. The number of aliphatic hydroxyl groups is 1. The lowest BCUT2D eigenvalue weighted by atomic mass is 10.1. The summed E-state index contributed by atoms with van der Waals surface area (Å²) in [5, 5.41) is 12.6. The van der Waals surface area contributed by atoms with Gasteiger partial charge in [0.1, 0.15) is 6.23 Å². The molecule has 0 amide bonds. The first-order valence-corrected chi connectivity index (χ1v) is 5.14. The minimum atomic E-state index is -0.300. The fourth-order valence-electron chi connectivity index (χ4n) is 1.33. The van der Waals surface area contributed by atoms with Crippen LogP contribution in [0.3, 0.4) is 0 Å². The summed E-state index contributed by atoms with van der Waals surface area (Å²) in [5.74, 6) is 0. The van der Waals surface area contributed by atoms with E-state index in [1.165, 1.54) is 6.42 Å². The number of nitrogens with one attached hydrogen (secondary N) is 1. The summed E-state index contributed by atoms with van der Waals surface area (Å²) in [4.78, 5) is 0. The van der Waals surface area contributed by atoms with Crippen molar-refractivity contribution in [2.24, 2.45) is 0 Å². The van der Waals surface area contributed by atoms with Crippen molar-refractivity contribution in [1.82, 2.24) is 5.32 Å². The highest BCUT2D eigenvalue weighted by Gasteiger charge is 2.06. The van der Waals surface area contributed by atoms with Gasteiger partial charge in [-0.05, 0) is 26.2 Å². The van der Waals surface area contributed by atoms with Crippen LogP contribution in [0, 0.1) is 0 Å². The minimum absolute atomic E-state index is 0.300. The Morgan fingerprint density at radius 3 is 2.33 bits per heavy atom. The topological polar surface area (TPSA) is 32.3 Å². The van der Waals surface area contributed by atoms with Gasteiger partial charge in [0.25, 0.3) is 0 Å². The van der Waals surface area contributed by atoms with Gasteiger partial charge in [0.05, 0.1) is 0 Å². The van der Waals surface area contributed by atoms with Crippen LogP contribution in [0.15, 0.2) is 0 Å². The largest absolute Gasteiger partial charge is 0.379 e. The van der Waals surface area contributed by atoms with Crippen LogP contribution in [0.1, 0.15) is 52.9 Å². The van der Waals surface area contributed by atoms with Crippen LogP contribution in [0.2, 0.25) is 0 Å². The number of rotatable bonds is 7. The maximum atomic E-state index is 9.47. The van der Waals surface area contributed by atoms with E-state index >= 15 is 0 Å². The fourth-order valence-corrected chi connectivity index (χ4v) is 1.33. The first-order chi connectivity index (χ1) is 5.70. The maximum Gasteiger partial charge on any atom is 0.105 e. The summed E-state index contributed by atoms with van der Waals surface area (Å²) < 4.78 is 0. The van der Waals surface area contributed by atoms with Crippen molar-refractivity contribution in [3.05, 3.63) is 0 Å². The average molecular weight is 173 g/mol. The van der Waals surface area contributed by atoms with Gasteiger partial charge in [0.15, 0.2) is 0 Å². The Labute approximate surface area is 76.4 Å². The Hall–Kier alpha value is -0.0800. The second-order valence-corrected chi connectivity index (χ2v) is 3.51. The van der Waals surface area contributed by atoms with Gasteiger partial charge < -0.3 is 5.11 Å². The Balaban J connectivity index is 3.33. The molecule has 0 heterocycles. The lowest BCUT2D eigenvalue weighted by Gasteiger charge is -2.18. The van der Waals surface area contributed by atoms with E-state index in [0.29, 0.717) is 6.04 Å². The molecule has 2 N–H and O–H groups in total. The molecule has 2 atom stereocenters. The monoisotopic (exact) mass is 173 g/mol. The summed E-state index contributed by atoms with van der Waals surface area (Å²) >= 11 is 0. The Morgan fingerprint density at radius 1 is 1.17 bits per heavy atom. The van der Waals surface area contributed by atoms with E-state index in [2.05, 4.69) is 26.1 Å². The van der Waals surface area contributed by atoms with Gasteiger partial charge in [-0.2, -0.15) is 0 Å². The number of aliphatic hydroxyl groups excluding tert-OH is 1. The highest BCUT2D eigenvalue weighted by molar-refractivity contribution is 4.62. The Kier molecular flexibility index (Phi) is 7.51. The van der Waals surface area contributed by atoms with Crippen LogP contribution in [-0.4, -0.2) is 17.4 Å². The molecule has 0 aromatic carbocycles. The van der Waals surface area contributed by atoms with Crippen molar-refractivity contribution in [2.45, 2.75) is 65.1 Å². The van der Waals surface area contributed by atoms with Crippen molar-refractivity contribution < 1.29 is 5.11 Å². The lowest BCUT2D eigenvalue weighted by Crippen LogP contribution is -2.36. The van der Waals surface area contributed by atoms with Crippen LogP contribution in [-0.2, 0) is 0 Å². The fraction of sp³-hybridized carbons (Fsp3) is 1.00. The average Bonchev–Trinajstić information content (AvgIpc) is 2.01. The molecule has 0 aliphatic rings. The summed E-state index contributed by atoms with van der Waals surface area (Å²) in [6.07, 6.45) is 5.16. The zero-order valence-corrected chi connectivity index (χ0v) is 8.64. The van der Waals surface area contributed by atoms with Crippen molar-refractivity contribution in [3.63, 3.8) is 0 Å². The molecule has 2 heteroatoms. The molecule has 2 nitrogen and oxygen atoms in total. The summed E-state index contributed by atoms with van der Waals surface area (Å²) in [6.45, 7) is 6.43. The molecule has 0 aliphatic carbocycles. The van der Waals surface area contributed by atoms with Crippen LogP contribution >= 0.6 is 0 Å². The molecule has 12 heavy (non-hydrogen) atoms. The Bertz CT molecular complexity index is 95.8. The van der Waals surface area contributed by atoms with E-state index in [4.69, 9.17) is 0 Å². The first-order valence-electron chi connectivity index (χ1n) is 5.14. The predicted molar refractivity (Wildman–Crippen MR) is 53.0 cm³/mol. The van der Waals surface area contributed by atoms with Crippen molar-refractivity contribution in [2.75, 3.05) is 0 Å². The zero-order chi connectivity index (χ0) is 9.40. The predicted octanol–water partition coefficient (Wildman–Crippen LogP) is 2.27. The Morgan fingerprint density at radius 2 is 1.83 bits per heavy atom. The van der Waals surface area contributed by atoms with Gasteiger partial charge >= 0.3 is 0 Å². The van der Waals surface area contributed by atoms with Crippen LogP contribution in [0.25, 0.3) is 0 Å². The minimum Gasteiger partial charge on any atom is -0.379 e. The molecule has 0 saturated heterocycles. The van der Waals surface area contributed by atoms with E-state index in [1.807, 2.05) is 0 Å². The molecule has 0 spiro atoms. The summed E-state index contributed by atoms with van der Waals surface area (Å²) in [7, 11) is 0. The quantitative estimate of drug-likeness (QED) is 0.579. The summed E-state index contributed by atoms with van der Waals surface area (Å²) in [6, 6.07) is 0.446. The molecule has 74 valence electrons. The third-order valence-corrected chi connectivity index (χ3v) is 2.03. The normalized spacial score (nSPS) is 16.0. The maximum absolute atomic E-state index is 9.47. The van der Waals surface area contributed by atoms with Crippen molar-refractivity contribution >= 4 is 0 Å². The van der Waals surface area contributed by atoms with Gasteiger partial charge in [0.2, 0.25) is 0 Å². The van der Waals surface area contributed by atoms with Crippen LogP contribution < -0.4 is 5.32 Å². The van der Waals surface area contributed by atoms with Crippen LogP contribution in [0.5, 0.6) is 0 Å². The summed E-state index contributed by atoms with van der Waals surface area (Å²) in [5.41, 5.74) is 0. The molecule has 0 aliphatic heterocycles. The van der Waals surface area contributed by atoms with E-state index in [-0.39, 0.29) is 6.23 Å². The van der Waals surface area contributed by atoms with Gasteiger partial charge in [-0.3, -0.25) is 5.32 Å². The highest BCUT2D eigenvalue weighted by Crippen LogP contribution is 2.01.